The molecule has 0 aliphatic heterocycles. The van der Waals surface area contributed by atoms with Crippen LogP contribution in [0.4, 0.5) is 0 Å². The van der Waals surface area contributed by atoms with Gasteiger partial charge in [-0.15, -0.1) is 0 Å². The van der Waals surface area contributed by atoms with Crippen LogP contribution in [-0.4, -0.2) is 9.97 Å². The molecular formula is C13H11ClN2OS. The summed E-state index contributed by atoms with van der Waals surface area (Å²) in [5.74, 6) is 1.04. The maximum atomic E-state index is 5.95. The van der Waals surface area contributed by atoms with Crippen LogP contribution in [0, 0.1) is 6.92 Å². The normalized spacial score (nSPS) is 10.1. The van der Waals surface area contributed by atoms with Gasteiger partial charge in [-0.2, -0.15) is 0 Å². The fraction of sp³-hybridized carbons (Fsp3) is 0.0769. The number of aromatic nitrogens is 1. The molecule has 1 heterocycles. The minimum Gasteiger partial charge on any atom is -0.438 e. The zero-order valence-corrected chi connectivity index (χ0v) is 11.3. The molecule has 0 aliphatic rings. The third-order valence-electron chi connectivity index (χ3n) is 2.38. The van der Waals surface area contributed by atoms with Crippen LogP contribution in [0.15, 0.2) is 36.5 Å². The van der Waals surface area contributed by atoms with Crippen LogP contribution >= 0.6 is 23.8 Å². The van der Waals surface area contributed by atoms with Gasteiger partial charge in [-0.25, -0.2) is 4.98 Å². The van der Waals surface area contributed by atoms with Crippen molar-refractivity contribution in [3.8, 4) is 11.6 Å². The first-order valence-corrected chi connectivity index (χ1v) is 6.05. The van der Waals surface area contributed by atoms with Gasteiger partial charge in [0.15, 0.2) is 0 Å². The monoisotopic (exact) mass is 278 g/mol. The number of nitrogens with zero attached hydrogens (tertiary/aromatic N) is 1. The summed E-state index contributed by atoms with van der Waals surface area (Å²) >= 11 is 10.9. The summed E-state index contributed by atoms with van der Waals surface area (Å²) in [6.07, 6.45) is 1.62. The molecule has 0 atom stereocenters. The molecule has 0 amide bonds. The molecule has 5 heteroatoms. The Balaban J connectivity index is 2.34. The van der Waals surface area contributed by atoms with E-state index in [1.807, 2.05) is 13.0 Å². The highest BCUT2D eigenvalue weighted by Crippen LogP contribution is 2.26. The van der Waals surface area contributed by atoms with Crippen molar-refractivity contribution in [2.45, 2.75) is 6.92 Å². The first-order chi connectivity index (χ1) is 8.58. The van der Waals surface area contributed by atoms with Crippen LogP contribution in [0.2, 0.25) is 5.02 Å². The van der Waals surface area contributed by atoms with Crippen LogP contribution in [0.1, 0.15) is 11.1 Å². The van der Waals surface area contributed by atoms with E-state index in [2.05, 4.69) is 4.98 Å². The summed E-state index contributed by atoms with van der Waals surface area (Å²) in [5.41, 5.74) is 7.16. The van der Waals surface area contributed by atoms with Crippen molar-refractivity contribution < 1.29 is 4.74 Å². The highest BCUT2D eigenvalue weighted by atomic mass is 35.5. The molecule has 0 unspecified atom stereocenters. The quantitative estimate of drug-likeness (QED) is 0.874. The molecule has 1 aromatic heterocycles. The topological polar surface area (TPSA) is 48.1 Å². The second-order valence-corrected chi connectivity index (χ2v) is 4.58. The van der Waals surface area contributed by atoms with Gasteiger partial charge in [-0.3, -0.25) is 0 Å². The number of hydrogen-bond donors (Lipinski definition) is 1. The molecule has 0 saturated carbocycles. The van der Waals surface area contributed by atoms with Gasteiger partial charge in [0.25, 0.3) is 0 Å². The number of hydrogen-bond acceptors (Lipinski definition) is 3. The summed E-state index contributed by atoms with van der Waals surface area (Å²) in [7, 11) is 0. The highest BCUT2D eigenvalue weighted by molar-refractivity contribution is 7.80. The molecule has 0 fully saturated rings. The molecule has 0 spiro atoms. The zero-order chi connectivity index (χ0) is 13.1. The molecule has 18 heavy (non-hydrogen) atoms. The van der Waals surface area contributed by atoms with Crippen molar-refractivity contribution in [1.29, 1.82) is 0 Å². The van der Waals surface area contributed by atoms with Crippen LogP contribution in [-0.2, 0) is 0 Å². The first kappa shape index (κ1) is 12.8. The second-order valence-electron chi connectivity index (χ2n) is 3.73. The number of nitrogens with two attached hydrogens (primary N) is 1. The van der Waals surface area contributed by atoms with E-state index in [1.165, 1.54) is 0 Å². The lowest BCUT2D eigenvalue weighted by Crippen LogP contribution is -2.11. The van der Waals surface area contributed by atoms with Gasteiger partial charge in [-0.1, -0.05) is 23.8 Å². The Morgan fingerprint density at radius 3 is 2.83 bits per heavy atom. The average Bonchev–Trinajstić information content (AvgIpc) is 2.34. The predicted molar refractivity (Wildman–Crippen MR) is 76.4 cm³/mol. The lowest BCUT2D eigenvalue weighted by molar-refractivity contribution is 0.461. The Hall–Kier alpha value is -1.65. The van der Waals surface area contributed by atoms with Crippen LogP contribution in [0.5, 0.6) is 11.6 Å². The lowest BCUT2D eigenvalue weighted by Gasteiger charge is -2.09. The van der Waals surface area contributed by atoms with E-state index >= 15 is 0 Å². The summed E-state index contributed by atoms with van der Waals surface area (Å²) in [4.78, 5) is 4.38. The SMILES string of the molecule is Cc1cc(Oc2ncccc2C(N)=S)ccc1Cl. The van der Waals surface area contributed by atoms with E-state index in [0.29, 0.717) is 22.2 Å². The van der Waals surface area contributed by atoms with E-state index in [0.717, 1.165) is 5.56 Å². The summed E-state index contributed by atoms with van der Waals surface area (Å²) in [6, 6.07) is 8.91. The third kappa shape index (κ3) is 2.78. The fourth-order valence-electron chi connectivity index (χ4n) is 1.45. The third-order valence-corrected chi connectivity index (χ3v) is 3.02. The Labute approximate surface area is 116 Å². The fourth-order valence-corrected chi connectivity index (χ4v) is 1.72. The smallest absolute Gasteiger partial charge is 0.229 e. The number of ether oxygens (including phenoxy) is 1. The number of rotatable bonds is 3. The van der Waals surface area contributed by atoms with Gasteiger partial charge >= 0.3 is 0 Å². The molecule has 2 N–H and O–H groups in total. The summed E-state index contributed by atoms with van der Waals surface area (Å²) in [5, 5.41) is 0.693. The van der Waals surface area contributed by atoms with Crippen molar-refractivity contribution in [3.05, 3.63) is 52.7 Å². The number of pyridine rings is 1. The zero-order valence-electron chi connectivity index (χ0n) is 9.68. The number of halogens is 1. The summed E-state index contributed by atoms with van der Waals surface area (Å²) in [6.45, 7) is 1.90. The van der Waals surface area contributed by atoms with E-state index in [9.17, 15) is 0 Å². The minimum absolute atomic E-state index is 0.254. The van der Waals surface area contributed by atoms with Crippen molar-refractivity contribution in [1.82, 2.24) is 4.98 Å². The molecule has 1 aromatic carbocycles. The van der Waals surface area contributed by atoms with Gasteiger partial charge in [0.2, 0.25) is 5.88 Å². The number of thiocarbonyl (C=S) groups is 1. The molecule has 0 aliphatic carbocycles. The van der Waals surface area contributed by atoms with E-state index < -0.39 is 0 Å². The highest BCUT2D eigenvalue weighted by Gasteiger charge is 2.08. The maximum absolute atomic E-state index is 5.95. The molecule has 0 saturated heterocycles. The van der Waals surface area contributed by atoms with Gasteiger partial charge in [0.1, 0.15) is 10.7 Å². The molecule has 0 radical (unpaired) electrons. The van der Waals surface area contributed by atoms with Crippen molar-refractivity contribution in [2.75, 3.05) is 0 Å². The van der Waals surface area contributed by atoms with Crippen LogP contribution in [0.25, 0.3) is 0 Å². The number of benzene rings is 1. The largest absolute Gasteiger partial charge is 0.438 e. The standard InChI is InChI=1S/C13H11ClN2OS/c1-8-7-9(4-5-11(8)14)17-13-10(12(15)18)3-2-6-16-13/h2-7H,1H3,(H2,15,18). The molecular weight excluding hydrogens is 268 g/mol. The Bertz CT molecular complexity index is 601. The Kier molecular flexibility index (Phi) is 3.79. The predicted octanol–water partition coefficient (Wildman–Crippen LogP) is 3.47. The van der Waals surface area contributed by atoms with Crippen LogP contribution < -0.4 is 10.5 Å². The molecule has 3 nitrogen and oxygen atoms in total. The molecule has 92 valence electrons. The van der Waals surface area contributed by atoms with Crippen LogP contribution in [0.3, 0.4) is 0 Å². The maximum Gasteiger partial charge on any atom is 0.229 e. The van der Waals surface area contributed by atoms with E-state index in [-0.39, 0.29) is 4.99 Å². The molecule has 0 bridgehead atoms. The minimum atomic E-state index is 0.254. The Morgan fingerprint density at radius 1 is 1.39 bits per heavy atom. The summed E-state index contributed by atoms with van der Waals surface area (Å²) < 4.78 is 5.67. The average molecular weight is 279 g/mol. The van der Waals surface area contributed by atoms with Crippen molar-refractivity contribution in [3.63, 3.8) is 0 Å². The first-order valence-electron chi connectivity index (χ1n) is 5.27. The lowest BCUT2D eigenvalue weighted by atomic mass is 10.2. The Morgan fingerprint density at radius 2 is 2.17 bits per heavy atom. The van der Waals surface area contributed by atoms with E-state index in [1.54, 1.807) is 30.5 Å². The van der Waals surface area contributed by atoms with Gasteiger partial charge in [0.05, 0.1) is 5.56 Å². The van der Waals surface area contributed by atoms with E-state index in [4.69, 9.17) is 34.3 Å². The van der Waals surface area contributed by atoms with Gasteiger partial charge in [-0.05, 0) is 42.8 Å². The molecule has 2 aromatic rings. The number of aryl methyl sites for hydroxylation is 1. The van der Waals surface area contributed by atoms with Crippen molar-refractivity contribution in [2.24, 2.45) is 5.73 Å². The molecule has 2 rings (SSSR count). The van der Waals surface area contributed by atoms with Gasteiger partial charge < -0.3 is 10.5 Å². The second kappa shape index (κ2) is 5.33. The van der Waals surface area contributed by atoms with Crippen molar-refractivity contribution >= 4 is 28.8 Å². The van der Waals surface area contributed by atoms with Gasteiger partial charge in [0, 0.05) is 11.2 Å².